The first-order chi connectivity index (χ1) is 10.6. The second kappa shape index (κ2) is 6.13. The minimum absolute atomic E-state index is 0.224. The molecule has 0 bridgehead atoms. The summed E-state index contributed by atoms with van der Waals surface area (Å²) >= 11 is 0. The molecule has 0 saturated carbocycles. The molecule has 2 aromatic rings. The van der Waals surface area contributed by atoms with E-state index >= 15 is 0 Å². The summed E-state index contributed by atoms with van der Waals surface area (Å²) in [4.78, 5) is 23.1. The van der Waals surface area contributed by atoms with E-state index in [1.165, 1.54) is 19.0 Å². The predicted octanol–water partition coefficient (Wildman–Crippen LogP) is 2.95. The second-order valence-electron chi connectivity index (χ2n) is 5.79. The lowest BCUT2D eigenvalue weighted by Crippen LogP contribution is -2.21. The molecule has 3 rings (SSSR count). The number of nitrogens with one attached hydrogen (secondary N) is 1. The molecule has 1 fully saturated rings. The molecule has 1 aliphatic rings. The molecule has 1 aromatic carbocycles. The SMILES string of the molecule is Cc1cc(C)cc(NC(=O)c2cncc(N3CCCC3)n2)c1. The summed E-state index contributed by atoms with van der Waals surface area (Å²) in [7, 11) is 0. The first-order valence-electron chi connectivity index (χ1n) is 7.58. The Morgan fingerprint density at radius 1 is 1.09 bits per heavy atom. The van der Waals surface area contributed by atoms with Crippen molar-refractivity contribution in [2.45, 2.75) is 26.7 Å². The Balaban J connectivity index is 1.78. The Bertz CT molecular complexity index is 673. The third-order valence-electron chi connectivity index (χ3n) is 3.76. The molecule has 0 unspecified atom stereocenters. The van der Waals surface area contributed by atoms with Crippen LogP contribution in [0.3, 0.4) is 0 Å². The summed E-state index contributed by atoms with van der Waals surface area (Å²) in [6.45, 7) is 5.99. The topological polar surface area (TPSA) is 58.1 Å². The van der Waals surface area contributed by atoms with Gasteiger partial charge in [-0.3, -0.25) is 9.78 Å². The van der Waals surface area contributed by atoms with Crippen LogP contribution in [-0.4, -0.2) is 29.0 Å². The molecule has 5 heteroatoms. The smallest absolute Gasteiger partial charge is 0.275 e. The largest absolute Gasteiger partial charge is 0.355 e. The van der Waals surface area contributed by atoms with Crippen LogP contribution >= 0.6 is 0 Å². The van der Waals surface area contributed by atoms with Crippen molar-refractivity contribution >= 4 is 17.4 Å². The summed E-state index contributed by atoms with van der Waals surface area (Å²) in [5.74, 6) is 0.559. The van der Waals surface area contributed by atoms with E-state index in [-0.39, 0.29) is 5.91 Å². The van der Waals surface area contributed by atoms with Gasteiger partial charge in [-0.15, -0.1) is 0 Å². The van der Waals surface area contributed by atoms with Crippen LogP contribution in [0.1, 0.15) is 34.5 Å². The number of benzene rings is 1. The maximum absolute atomic E-state index is 12.4. The molecule has 5 nitrogen and oxygen atoms in total. The Hall–Kier alpha value is -2.43. The second-order valence-corrected chi connectivity index (χ2v) is 5.79. The fourth-order valence-corrected chi connectivity index (χ4v) is 2.81. The van der Waals surface area contributed by atoms with Crippen molar-refractivity contribution in [2.75, 3.05) is 23.3 Å². The van der Waals surface area contributed by atoms with Gasteiger partial charge in [0.2, 0.25) is 0 Å². The highest BCUT2D eigenvalue weighted by molar-refractivity contribution is 6.02. The normalized spacial score (nSPS) is 14.2. The molecule has 0 aliphatic carbocycles. The number of aryl methyl sites for hydroxylation is 2. The monoisotopic (exact) mass is 296 g/mol. The third-order valence-corrected chi connectivity index (χ3v) is 3.76. The number of aromatic nitrogens is 2. The van der Waals surface area contributed by atoms with Crippen LogP contribution in [0.15, 0.2) is 30.6 Å². The minimum Gasteiger partial charge on any atom is -0.355 e. The number of anilines is 2. The van der Waals surface area contributed by atoms with E-state index in [2.05, 4.69) is 26.3 Å². The molecule has 1 saturated heterocycles. The van der Waals surface area contributed by atoms with Gasteiger partial charge < -0.3 is 10.2 Å². The summed E-state index contributed by atoms with van der Waals surface area (Å²) in [6, 6.07) is 5.97. The molecule has 0 spiro atoms. The van der Waals surface area contributed by atoms with Crippen molar-refractivity contribution in [3.05, 3.63) is 47.4 Å². The molecule has 0 radical (unpaired) electrons. The van der Waals surface area contributed by atoms with E-state index in [4.69, 9.17) is 0 Å². The Morgan fingerprint density at radius 3 is 2.45 bits per heavy atom. The van der Waals surface area contributed by atoms with Crippen molar-refractivity contribution in [3.63, 3.8) is 0 Å². The zero-order valence-corrected chi connectivity index (χ0v) is 13.0. The van der Waals surface area contributed by atoms with E-state index in [0.29, 0.717) is 5.69 Å². The summed E-state index contributed by atoms with van der Waals surface area (Å²) in [6.07, 6.45) is 5.57. The molecule has 0 atom stereocenters. The van der Waals surface area contributed by atoms with Crippen LogP contribution < -0.4 is 10.2 Å². The fraction of sp³-hybridized carbons (Fsp3) is 0.353. The number of hydrogen-bond donors (Lipinski definition) is 1. The number of carbonyl (C=O) groups is 1. The van der Waals surface area contributed by atoms with Crippen molar-refractivity contribution < 1.29 is 4.79 Å². The lowest BCUT2D eigenvalue weighted by molar-refractivity contribution is 0.102. The van der Waals surface area contributed by atoms with Gasteiger partial charge in [-0.05, 0) is 49.9 Å². The van der Waals surface area contributed by atoms with Crippen molar-refractivity contribution in [3.8, 4) is 0 Å². The van der Waals surface area contributed by atoms with Gasteiger partial charge in [0.1, 0.15) is 11.5 Å². The van der Waals surface area contributed by atoms with Gasteiger partial charge in [0.15, 0.2) is 0 Å². The molecule has 1 aliphatic heterocycles. The highest BCUT2D eigenvalue weighted by Crippen LogP contribution is 2.18. The third kappa shape index (κ3) is 3.24. The van der Waals surface area contributed by atoms with E-state index in [1.807, 2.05) is 26.0 Å². The van der Waals surface area contributed by atoms with Crippen LogP contribution in [0.25, 0.3) is 0 Å². The van der Waals surface area contributed by atoms with Crippen LogP contribution in [0.5, 0.6) is 0 Å². The van der Waals surface area contributed by atoms with Gasteiger partial charge in [-0.1, -0.05) is 6.07 Å². The minimum atomic E-state index is -0.224. The van der Waals surface area contributed by atoms with E-state index in [9.17, 15) is 4.79 Å². The first kappa shape index (κ1) is 14.5. The Morgan fingerprint density at radius 2 is 1.77 bits per heavy atom. The van der Waals surface area contributed by atoms with Gasteiger partial charge in [0, 0.05) is 18.8 Å². The molecule has 1 aromatic heterocycles. The van der Waals surface area contributed by atoms with Gasteiger partial charge in [-0.25, -0.2) is 4.98 Å². The van der Waals surface area contributed by atoms with E-state index in [1.54, 1.807) is 6.20 Å². The summed E-state index contributed by atoms with van der Waals surface area (Å²) in [5.41, 5.74) is 3.37. The lowest BCUT2D eigenvalue weighted by Gasteiger charge is -2.16. The van der Waals surface area contributed by atoms with Crippen LogP contribution in [0, 0.1) is 13.8 Å². The number of nitrogens with zero attached hydrogens (tertiary/aromatic N) is 3. The van der Waals surface area contributed by atoms with Crippen LogP contribution in [0.4, 0.5) is 11.5 Å². The molecular weight excluding hydrogens is 276 g/mol. The van der Waals surface area contributed by atoms with Crippen molar-refractivity contribution in [2.24, 2.45) is 0 Å². The Labute approximate surface area is 130 Å². The predicted molar refractivity (Wildman–Crippen MR) is 87.3 cm³/mol. The maximum atomic E-state index is 12.4. The fourth-order valence-electron chi connectivity index (χ4n) is 2.81. The quantitative estimate of drug-likeness (QED) is 0.946. The van der Waals surface area contributed by atoms with Gasteiger partial charge in [-0.2, -0.15) is 0 Å². The molecular formula is C17H20N4O. The van der Waals surface area contributed by atoms with E-state index < -0.39 is 0 Å². The molecule has 1 amide bonds. The maximum Gasteiger partial charge on any atom is 0.275 e. The number of carbonyl (C=O) groups excluding carboxylic acids is 1. The molecule has 22 heavy (non-hydrogen) atoms. The number of rotatable bonds is 3. The lowest BCUT2D eigenvalue weighted by atomic mass is 10.1. The summed E-state index contributed by atoms with van der Waals surface area (Å²) in [5, 5.41) is 2.90. The van der Waals surface area contributed by atoms with Gasteiger partial charge in [0.05, 0.1) is 12.4 Å². The zero-order chi connectivity index (χ0) is 15.5. The Kier molecular flexibility index (Phi) is 4.04. The zero-order valence-electron chi connectivity index (χ0n) is 13.0. The average molecular weight is 296 g/mol. The molecule has 114 valence electrons. The first-order valence-corrected chi connectivity index (χ1v) is 7.58. The molecule has 2 heterocycles. The number of hydrogen-bond acceptors (Lipinski definition) is 4. The van der Waals surface area contributed by atoms with Gasteiger partial charge >= 0.3 is 0 Å². The standard InChI is InChI=1S/C17H20N4O/c1-12-7-13(2)9-14(8-12)19-17(22)15-10-18-11-16(20-15)21-5-3-4-6-21/h7-11H,3-6H2,1-2H3,(H,19,22). The van der Waals surface area contributed by atoms with Gasteiger partial charge in [0.25, 0.3) is 5.91 Å². The highest BCUT2D eigenvalue weighted by atomic mass is 16.1. The van der Waals surface area contributed by atoms with Crippen molar-refractivity contribution in [1.82, 2.24) is 9.97 Å². The molecule has 1 N–H and O–H groups in total. The van der Waals surface area contributed by atoms with Crippen LogP contribution in [0.2, 0.25) is 0 Å². The summed E-state index contributed by atoms with van der Waals surface area (Å²) < 4.78 is 0. The van der Waals surface area contributed by atoms with Crippen LogP contribution in [-0.2, 0) is 0 Å². The highest BCUT2D eigenvalue weighted by Gasteiger charge is 2.16. The van der Waals surface area contributed by atoms with Crippen molar-refractivity contribution in [1.29, 1.82) is 0 Å². The average Bonchev–Trinajstić information content (AvgIpc) is 3.00. The van der Waals surface area contributed by atoms with E-state index in [0.717, 1.165) is 35.7 Å². The number of amides is 1.